The maximum absolute atomic E-state index is 14.2. The number of hydrogen-bond acceptors (Lipinski definition) is 5. The Hall–Kier alpha value is -2.97. The fourth-order valence-electron chi connectivity index (χ4n) is 4.48. The van der Waals surface area contributed by atoms with E-state index >= 15 is 0 Å². The van der Waals surface area contributed by atoms with E-state index in [4.69, 9.17) is 9.47 Å². The van der Waals surface area contributed by atoms with Gasteiger partial charge in [-0.2, -0.15) is 0 Å². The molecule has 0 saturated heterocycles. The molecule has 0 saturated carbocycles. The minimum absolute atomic E-state index is 0.0155. The third-order valence-electron chi connectivity index (χ3n) is 6.21. The molecule has 6 nitrogen and oxygen atoms in total. The van der Waals surface area contributed by atoms with Crippen molar-refractivity contribution < 1.29 is 28.6 Å². The second kappa shape index (κ2) is 11.4. The molecule has 2 aromatic rings. The summed E-state index contributed by atoms with van der Waals surface area (Å²) >= 11 is 3.45. The van der Waals surface area contributed by atoms with Crippen molar-refractivity contribution >= 4 is 33.5 Å². The fraction of sp³-hybridized carbons (Fsp3) is 0.357. The van der Waals surface area contributed by atoms with Crippen LogP contribution in [0.15, 0.2) is 60.2 Å². The molecule has 0 aromatic heterocycles. The first-order valence-corrected chi connectivity index (χ1v) is 12.7. The normalized spacial score (nSPS) is 15.4. The maximum Gasteiger partial charge on any atom is 0.338 e. The first-order chi connectivity index (χ1) is 17.0. The Morgan fingerprint density at radius 1 is 1.28 bits per heavy atom. The van der Waals surface area contributed by atoms with Crippen LogP contribution in [0.1, 0.15) is 55.1 Å². The monoisotopic (exact) mass is 559 g/mol. The number of alkyl halides is 1. The molecule has 0 radical (unpaired) electrons. The Balaban J connectivity index is 1.98. The van der Waals surface area contributed by atoms with E-state index < -0.39 is 28.7 Å². The molecule has 1 aliphatic rings. The maximum atomic E-state index is 14.2. The molecule has 0 bridgehead atoms. The highest BCUT2D eigenvalue weighted by molar-refractivity contribution is 9.09. The lowest BCUT2D eigenvalue weighted by Crippen LogP contribution is -2.47. The lowest BCUT2D eigenvalue weighted by molar-refractivity contribution is -0.136. The van der Waals surface area contributed by atoms with Crippen molar-refractivity contribution in [2.24, 2.45) is 0 Å². The van der Waals surface area contributed by atoms with Gasteiger partial charge >= 0.3 is 5.97 Å². The van der Waals surface area contributed by atoms with Gasteiger partial charge in [0.05, 0.1) is 12.7 Å². The first-order valence-electron chi connectivity index (χ1n) is 11.6. The number of benzene rings is 2. The molecular weight excluding hydrogens is 529 g/mol. The standard InChI is InChI=1S/C28H31BrFNO5/c1-5-6-7-18(15-29)14-28(34,17-27(2,3)23-13-20(30)8-11-24(23)35-4)26(33)31-21-9-10-22-19(12-21)16-36-25(22)32/h5-13,34H,14-17H2,1-4H3,(H,31,33)/b6-5-,18-7-. The lowest BCUT2D eigenvalue weighted by atomic mass is 9.72. The van der Waals surface area contributed by atoms with Crippen molar-refractivity contribution in [3.8, 4) is 5.75 Å². The molecular formula is C28H31BrFNO5. The summed E-state index contributed by atoms with van der Waals surface area (Å²) in [6, 6.07) is 9.08. The summed E-state index contributed by atoms with van der Waals surface area (Å²) in [4.78, 5) is 25.4. The molecule has 1 unspecified atom stereocenters. The largest absolute Gasteiger partial charge is 0.496 e. The van der Waals surface area contributed by atoms with Gasteiger partial charge in [-0.25, -0.2) is 9.18 Å². The zero-order valence-corrected chi connectivity index (χ0v) is 22.4. The van der Waals surface area contributed by atoms with E-state index in [-0.39, 0.29) is 19.4 Å². The number of esters is 1. The number of rotatable bonds is 10. The Morgan fingerprint density at radius 2 is 2.03 bits per heavy atom. The van der Waals surface area contributed by atoms with E-state index in [1.165, 1.54) is 25.3 Å². The summed E-state index contributed by atoms with van der Waals surface area (Å²) in [5, 5.41) is 15.2. The zero-order valence-electron chi connectivity index (χ0n) is 20.9. The molecule has 192 valence electrons. The second-order valence-electron chi connectivity index (χ2n) is 9.50. The summed E-state index contributed by atoms with van der Waals surface area (Å²) in [7, 11) is 1.50. The van der Waals surface area contributed by atoms with Gasteiger partial charge in [0, 0.05) is 28.6 Å². The number of anilines is 1. The van der Waals surface area contributed by atoms with Crippen LogP contribution >= 0.6 is 15.9 Å². The number of amides is 1. The molecule has 1 heterocycles. The zero-order chi connectivity index (χ0) is 26.5. The number of nitrogens with one attached hydrogen (secondary N) is 1. The van der Waals surface area contributed by atoms with E-state index in [0.717, 1.165) is 5.57 Å². The Bertz CT molecular complexity index is 1210. The highest BCUT2D eigenvalue weighted by atomic mass is 79.9. The van der Waals surface area contributed by atoms with Crippen molar-refractivity contribution in [3.63, 3.8) is 0 Å². The Morgan fingerprint density at radius 3 is 2.69 bits per heavy atom. The van der Waals surface area contributed by atoms with Crippen LogP contribution in [-0.2, 0) is 21.6 Å². The molecule has 2 N–H and O–H groups in total. The van der Waals surface area contributed by atoms with Gasteiger partial charge in [0.25, 0.3) is 5.91 Å². The minimum Gasteiger partial charge on any atom is -0.496 e. The van der Waals surface area contributed by atoms with Gasteiger partial charge in [-0.15, -0.1) is 0 Å². The smallest absolute Gasteiger partial charge is 0.338 e. The van der Waals surface area contributed by atoms with Crippen molar-refractivity contribution in [1.29, 1.82) is 0 Å². The molecule has 36 heavy (non-hydrogen) atoms. The van der Waals surface area contributed by atoms with E-state index in [0.29, 0.717) is 33.5 Å². The van der Waals surface area contributed by atoms with Crippen LogP contribution in [0.4, 0.5) is 10.1 Å². The molecule has 1 atom stereocenters. The average Bonchev–Trinajstić information content (AvgIpc) is 3.21. The van der Waals surface area contributed by atoms with Gasteiger partial charge in [0.15, 0.2) is 0 Å². The van der Waals surface area contributed by atoms with Gasteiger partial charge in [0.1, 0.15) is 23.8 Å². The molecule has 0 aliphatic carbocycles. The number of hydrogen-bond donors (Lipinski definition) is 2. The molecule has 2 aromatic carbocycles. The van der Waals surface area contributed by atoms with Gasteiger partial charge in [-0.3, -0.25) is 4.79 Å². The van der Waals surface area contributed by atoms with Crippen molar-refractivity contribution in [2.45, 2.75) is 51.2 Å². The minimum atomic E-state index is -1.85. The summed E-state index contributed by atoms with van der Waals surface area (Å²) in [6.45, 7) is 5.69. The van der Waals surface area contributed by atoms with Crippen LogP contribution < -0.4 is 10.1 Å². The van der Waals surface area contributed by atoms with Crippen LogP contribution in [0.3, 0.4) is 0 Å². The quantitative estimate of drug-likeness (QED) is 0.217. The fourth-order valence-corrected chi connectivity index (χ4v) is 4.86. The number of carbonyl (C=O) groups excluding carboxylic acids is 2. The van der Waals surface area contributed by atoms with Gasteiger partial charge in [-0.1, -0.05) is 53.6 Å². The van der Waals surface area contributed by atoms with Crippen LogP contribution in [0.25, 0.3) is 0 Å². The van der Waals surface area contributed by atoms with Crippen LogP contribution in [0, 0.1) is 5.82 Å². The highest BCUT2D eigenvalue weighted by Gasteiger charge is 2.43. The van der Waals surface area contributed by atoms with Crippen LogP contribution in [-0.4, -0.2) is 35.0 Å². The Labute approximate surface area is 219 Å². The number of cyclic esters (lactones) is 1. The van der Waals surface area contributed by atoms with E-state index in [1.807, 2.05) is 39.0 Å². The number of halogens is 2. The predicted molar refractivity (Wildman–Crippen MR) is 141 cm³/mol. The lowest BCUT2D eigenvalue weighted by Gasteiger charge is -2.37. The average molecular weight is 560 g/mol. The van der Waals surface area contributed by atoms with Crippen LogP contribution in [0.5, 0.6) is 5.75 Å². The topological polar surface area (TPSA) is 84.9 Å². The van der Waals surface area contributed by atoms with Crippen molar-refractivity contribution in [1.82, 2.24) is 0 Å². The number of allylic oxidation sites excluding steroid dienone is 3. The first kappa shape index (κ1) is 27.6. The third kappa shape index (κ3) is 6.23. The molecule has 8 heteroatoms. The van der Waals surface area contributed by atoms with E-state index in [1.54, 1.807) is 18.2 Å². The summed E-state index contributed by atoms with van der Waals surface area (Å²) < 4.78 is 24.7. The Kier molecular flexibility index (Phi) is 8.74. The number of carbonyl (C=O) groups is 2. The SMILES string of the molecule is C/C=C\C=C(/CBr)CC(O)(CC(C)(C)c1cc(F)ccc1OC)C(=O)Nc1ccc2c(c1)COC2=O. The third-order valence-corrected chi connectivity index (χ3v) is 6.93. The van der Waals surface area contributed by atoms with Gasteiger partial charge in [0.2, 0.25) is 0 Å². The number of methoxy groups -OCH3 is 1. The number of aliphatic hydroxyl groups is 1. The summed E-state index contributed by atoms with van der Waals surface area (Å²) in [5.41, 5.74) is 0.222. The second-order valence-corrected chi connectivity index (χ2v) is 10.1. The van der Waals surface area contributed by atoms with Crippen LogP contribution in [0.2, 0.25) is 0 Å². The number of fused-ring (bicyclic) bond motifs is 1. The van der Waals surface area contributed by atoms with E-state index in [9.17, 15) is 19.1 Å². The van der Waals surface area contributed by atoms with Gasteiger partial charge < -0.3 is 19.9 Å². The molecule has 0 fully saturated rings. The predicted octanol–water partition coefficient (Wildman–Crippen LogP) is 5.83. The molecule has 1 aliphatic heterocycles. The van der Waals surface area contributed by atoms with Crippen molar-refractivity contribution in [3.05, 3.63) is 82.7 Å². The number of ether oxygens (including phenoxy) is 2. The van der Waals surface area contributed by atoms with Crippen molar-refractivity contribution in [2.75, 3.05) is 17.8 Å². The van der Waals surface area contributed by atoms with Gasteiger partial charge in [-0.05, 0) is 55.2 Å². The molecule has 0 spiro atoms. The van der Waals surface area contributed by atoms with E-state index in [2.05, 4.69) is 21.2 Å². The molecule has 3 rings (SSSR count). The molecule has 1 amide bonds. The highest BCUT2D eigenvalue weighted by Crippen LogP contribution is 2.40. The summed E-state index contributed by atoms with van der Waals surface area (Å²) in [6.07, 6.45) is 5.58. The summed E-state index contributed by atoms with van der Waals surface area (Å²) in [5.74, 6) is -0.974.